The number of fused-ring (bicyclic) bond motifs is 2. The number of allylic oxidation sites excluding steroid dienone is 6. The Bertz CT molecular complexity index is 429. The predicted octanol–water partition coefficient (Wildman–Crippen LogP) is 1.27. The van der Waals surface area contributed by atoms with Crippen molar-refractivity contribution < 1.29 is 9.53 Å². The molecule has 1 heterocycles. The van der Waals surface area contributed by atoms with E-state index in [0.717, 1.165) is 11.5 Å². The van der Waals surface area contributed by atoms with Gasteiger partial charge in [-0.05, 0) is 12.2 Å². The molecule has 76 valence electrons. The molecular weight excluding hydrogens is 190 g/mol. The van der Waals surface area contributed by atoms with Crippen LogP contribution in [0.4, 0.5) is 0 Å². The maximum Gasteiger partial charge on any atom is 0.262 e. The quantitative estimate of drug-likeness (QED) is 0.641. The lowest BCUT2D eigenvalue weighted by Crippen LogP contribution is -2.36. The van der Waals surface area contributed by atoms with E-state index >= 15 is 0 Å². The zero-order valence-corrected chi connectivity index (χ0v) is 8.14. The molecule has 2 atom stereocenters. The van der Waals surface area contributed by atoms with Crippen molar-refractivity contribution in [3.63, 3.8) is 0 Å². The van der Waals surface area contributed by atoms with Crippen LogP contribution in [-0.4, -0.2) is 12.5 Å². The molecular formula is C12H11NO2. The Labute approximate surface area is 87.8 Å². The highest BCUT2D eigenvalue weighted by atomic mass is 16.5. The Morgan fingerprint density at radius 1 is 1.20 bits per heavy atom. The maximum absolute atomic E-state index is 11.1. The van der Waals surface area contributed by atoms with Crippen LogP contribution < -0.4 is 5.32 Å². The second-order valence-corrected chi connectivity index (χ2v) is 3.87. The molecule has 15 heavy (non-hydrogen) atoms. The molecule has 2 unspecified atom stereocenters. The van der Waals surface area contributed by atoms with Crippen molar-refractivity contribution in [2.75, 3.05) is 6.61 Å². The Morgan fingerprint density at radius 3 is 2.73 bits per heavy atom. The van der Waals surface area contributed by atoms with Crippen LogP contribution in [0.5, 0.6) is 0 Å². The van der Waals surface area contributed by atoms with Crippen molar-refractivity contribution >= 4 is 5.91 Å². The molecule has 0 spiro atoms. The summed E-state index contributed by atoms with van der Waals surface area (Å²) in [5.41, 5.74) is 0.812. The molecule has 1 fully saturated rings. The molecule has 1 N–H and O–H groups in total. The average molecular weight is 201 g/mol. The van der Waals surface area contributed by atoms with E-state index in [1.165, 1.54) is 0 Å². The lowest BCUT2D eigenvalue weighted by atomic mass is 9.83. The van der Waals surface area contributed by atoms with Gasteiger partial charge in [0, 0.05) is 11.8 Å². The normalized spacial score (nSPS) is 31.9. The number of carbonyl (C=O) groups is 1. The molecule has 0 aromatic carbocycles. The van der Waals surface area contributed by atoms with Crippen LogP contribution in [0, 0.1) is 11.8 Å². The van der Waals surface area contributed by atoms with E-state index in [1.807, 2.05) is 12.2 Å². The third-order valence-electron chi connectivity index (χ3n) is 2.82. The second-order valence-electron chi connectivity index (χ2n) is 3.87. The highest BCUT2D eigenvalue weighted by molar-refractivity contribution is 5.81. The first-order chi connectivity index (χ1) is 7.33. The highest BCUT2D eigenvalue weighted by Crippen LogP contribution is 2.32. The molecule has 2 aliphatic carbocycles. The van der Waals surface area contributed by atoms with Gasteiger partial charge in [0.25, 0.3) is 5.91 Å². The van der Waals surface area contributed by atoms with Gasteiger partial charge in [0.15, 0.2) is 6.61 Å². The van der Waals surface area contributed by atoms with Gasteiger partial charge in [-0.15, -0.1) is 0 Å². The summed E-state index contributed by atoms with van der Waals surface area (Å²) in [5.74, 6) is 1.43. The summed E-state index contributed by atoms with van der Waals surface area (Å²) in [5, 5.41) is 2.82. The van der Waals surface area contributed by atoms with Gasteiger partial charge in [-0.25, -0.2) is 0 Å². The van der Waals surface area contributed by atoms with Gasteiger partial charge < -0.3 is 10.1 Å². The first-order valence-corrected chi connectivity index (χ1v) is 5.04. The van der Waals surface area contributed by atoms with Crippen LogP contribution in [0.15, 0.2) is 47.9 Å². The molecule has 1 aliphatic heterocycles. The van der Waals surface area contributed by atoms with Crippen molar-refractivity contribution in [1.82, 2.24) is 5.32 Å². The van der Waals surface area contributed by atoms with Gasteiger partial charge in [0.1, 0.15) is 5.76 Å². The van der Waals surface area contributed by atoms with Crippen LogP contribution in [0.3, 0.4) is 0 Å². The van der Waals surface area contributed by atoms with Crippen LogP contribution in [0.2, 0.25) is 0 Å². The lowest BCUT2D eigenvalue weighted by Gasteiger charge is -2.29. The standard InChI is InChI=1S/C12H11NO2/c14-12-7-15-11-6-9-4-2-1-3-8(9)5-10(11)13-12/h1-6,8-9H,7H2,(H,13,14). The molecule has 1 saturated heterocycles. The van der Waals surface area contributed by atoms with E-state index in [9.17, 15) is 4.79 Å². The fourth-order valence-electron chi connectivity index (χ4n) is 2.07. The molecule has 3 heteroatoms. The smallest absolute Gasteiger partial charge is 0.262 e. The number of hydrogen-bond donors (Lipinski definition) is 1. The zero-order chi connectivity index (χ0) is 10.3. The van der Waals surface area contributed by atoms with Gasteiger partial charge in [-0.3, -0.25) is 4.79 Å². The molecule has 0 saturated carbocycles. The Morgan fingerprint density at radius 2 is 1.93 bits per heavy atom. The molecule has 0 aromatic heterocycles. The molecule has 3 nitrogen and oxygen atoms in total. The van der Waals surface area contributed by atoms with E-state index in [-0.39, 0.29) is 12.5 Å². The van der Waals surface area contributed by atoms with Crippen LogP contribution in [0.25, 0.3) is 0 Å². The van der Waals surface area contributed by atoms with Crippen LogP contribution in [-0.2, 0) is 9.53 Å². The maximum atomic E-state index is 11.1. The number of morpholine rings is 1. The molecule has 1 amide bonds. The largest absolute Gasteiger partial charge is 0.482 e. The molecule has 3 rings (SSSR count). The number of ether oxygens (including phenoxy) is 1. The van der Waals surface area contributed by atoms with E-state index in [0.29, 0.717) is 11.8 Å². The van der Waals surface area contributed by atoms with E-state index in [4.69, 9.17) is 4.74 Å². The Balaban J connectivity index is 1.95. The van der Waals surface area contributed by atoms with Gasteiger partial charge in [0.05, 0.1) is 5.70 Å². The number of carbonyl (C=O) groups excluding carboxylic acids is 1. The van der Waals surface area contributed by atoms with Crippen molar-refractivity contribution in [2.24, 2.45) is 11.8 Å². The van der Waals surface area contributed by atoms with Crippen molar-refractivity contribution in [1.29, 1.82) is 0 Å². The van der Waals surface area contributed by atoms with Gasteiger partial charge in [-0.2, -0.15) is 0 Å². The second kappa shape index (κ2) is 3.12. The summed E-state index contributed by atoms with van der Waals surface area (Å²) in [6, 6.07) is 0. The fraction of sp³-hybridized carbons (Fsp3) is 0.250. The average Bonchev–Trinajstić information content (AvgIpc) is 2.26. The number of amides is 1. The van der Waals surface area contributed by atoms with E-state index in [2.05, 4.69) is 29.6 Å². The summed E-state index contributed by atoms with van der Waals surface area (Å²) in [7, 11) is 0. The van der Waals surface area contributed by atoms with E-state index < -0.39 is 0 Å². The first kappa shape index (κ1) is 8.53. The predicted molar refractivity (Wildman–Crippen MR) is 55.5 cm³/mol. The summed E-state index contributed by atoms with van der Waals surface area (Å²) in [6.07, 6.45) is 12.5. The minimum atomic E-state index is -0.0767. The molecule has 0 bridgehead atoms. The van der Waals surface area contributed by atoms with E-state index in [1.54, 1.807) is 0 Å². The third kappa shape index (κ3) is 1.40. The first-order valence-electron chi connectivity index (χ1n) is 5.04. The van der Waals surface area contributed by atoms with Crippen LogP contribution in [0.1, 0.15) is 0 Å². The number of hydrogen-bond acceptors (Lipinski definition) is 2. The Kier molecular flexibility index (Phi) is 1.78. The number of nitrogens with one attached hydrogen (secondary N) is 1. The highest BCUT2D eigenvalue weighted by Gasteiger charge is 2.27. The lowest BCUT2D eigenvalue weighted by molar-refractivity contribution is -0.125. The topological polar surface area (TPSA) is 38.3 Å². The molecule has 0 aromatic rings. The minimum absolute atomic E-state index is 0.0767. The summed E-state index contributed by atoms with van der Waals surface area (Å²) in [4.78, 5) is 11.1. The SMILES string of the molecule is O=C1COC2=CC3C=CC=CC3C=C2N1. The zero-order valence-electron chi connectivity index (χ0n) is 8.14. The molecule has 3 aliphatic rings. The van der Waals surface area contributed by atoms with Gasteiger partial charge >= 0.3 is 0 Å². The summed E-state index contributed by atoms with van der Waals surface area (Å²) >= 11 is 0. The van der Waals surface area contributed by atoms with Gasteiger partial charge in [-0.1, -0.05) is 24.3 Å². The summed E-state index contributed by atoms with van der Waals surface area (Å²) < 4.78 is 5.37. The van der Waals surface area contributed by atoms with Crippen molar-refractivity contribution in [3.05, 3.63) is 47.9 Å². The third-order valence-corrected chi connectivity index (χ3v) is 2.82. The number of rotatable bonds is 0. The van der Waals surface area contributed by atoms with Crippen LogP contribution >= 0.6 is 0 Å². The van der Waals surface area contributed by atoms with Crippen molar-refractivity contribution in [3.8, 4) is 0 Å². The summed E-state index contributed by atoms with van der Waals surface area (Å²) in [6.45, 7) is 0.125. The van der Waals surface area contributed by atoms with Crippen molar-refractivity contribution in [2.45, 2.75) is 0 Å². The Hall–Kier alpha value is -1.77. The fourth-order valence-corrected chi connectivity index (χ4v) is 2.07. The molecule has 0 radical (unpaired) electrons. The monoisotopic (exact) mass is 201 g/mol. The minimum Gasteiger partial charge on any atom is -0.482 e. The van der Waals surface area contributed by atoms with Gasteiger partial charge in [0.2, 0.25) is 0 Å².